The van der Waals surface area contributed by atoms with E-state index < -0.39 is 0 Å². The summed E-state index contributed by atoms with van der Waals surface area (Å²) in [5.41, 5.74) is 0.994. The second kappa shape index (κ2) is 10.4. The second-order valence-electron chi connectivity index (χ2n) is 6.87. The maximum absolute atomic E-state index is 13.3. The number of hydrogen-bond donors (Lipinski definition) is 1. The molecule has 4 heteroatoms. The number of nitrogens with one attached hydrogen (secondary N) is 1. The number of rotatable bonds is 8. The number of hydrogen-bond acceptors (Lipinski definition) is 3. The van der Waals surface area contributed by atoms with Gasteiger partial charge < -0.3 is 10.2 Å². The van der Waals surface area contributed by atoms with E-state index in [0.29, 0.717) is 18.5 Å². The summed E-state index contributed by atoms with van der Waals surface area (Å²) in [4.78, 5) is 19.9. The summed E-state index contributed by atoms with van der Waals surface area (Å²) in [5, 5.41) is 3.46. The summed E-state index contributed by atoms with van der Waals surface area (Å²) >= 11 is 0. The molecule has 4 nitrogen and oxygen atoms in total. The number of nitrogens with zero attached hydrogens (tertiary/aromatic N) is 2. The number of pyridine rings is 1. The highest BCUT2D eigenvalue weighted by Gasteiger charge is 2.29. The van der Waals surface area contributed by atoms with Gasteiger partial charge in [-0.05, 0) is 57.3 Å². The Morgan fingerprint density at radius 2 is 2.21 bits per heavy atom. The average Bonchev–Trinajstić information content (AvgIpc) is 2.90. The highest BCUT2D eigenvalue weighted by molar-refractivity contribution is 5.79. The summed E-state index contributed by atoms with van der Waals surface area (Å²) in [5.74, 6) is 0.494. The van der Waals surface area contributed by atoms with Crippen LogP contribution in [0.25, 0.3) is 0 Å². The van der Waals surface area contributed by atoms with E-state index in [-0.39, 0.29) is 5.92 Å². The number of unbranched alkanes of at least 4 members (excludes halogenated alkanes) is 1. The fraction of sp³-hybridized carbons (Fsp3) is 0.700. The third kappa shape index (κ3) is 5.59. The fourth-order valence-electron chi connectivity index (χ4n) is 3.55. The first-order valence-electron chi connectivity index (χ1n) is 9.67. The minimum atomic E-state index is 0.157. The standard InChI is InChI=1S/C20H33N3O/c1-3-5-9-17(4-2)20(24)23(16-18-10-6-7-14-22-18)19-11-8-13-21-15-12-19/h6-7,10,14,17,19,21H,3-5,8-9,11-13,15-16H2,1-2H3. The van der Waals surface area contributed by atoms with Crippen molar-refractivity contribution in [3.8, 4) is 0 Å². The minimum Gasteiger partial charge on any atom is -0.334 e. The quantitative estimate of drug-likeness (QED) is 0.789. The Hall–Kier alpha value is -1.42. The van der Waals surface area contributed by atoms with Gasteiger partial charge in [-0.3, -0.25) is 9.78 Å². The van der Waals surface area contributed by atoms with Crippen LogP contribution in [0.15, 0.2) is 24.4 Å². The molecule has 1 aromatic rings. The minimum absolute atomic E-state index is 0.157. The lowest BCUT2D eigenvalue weighted by atomic mass is 9.95. The molecule has 0 aromatic carbocycles. The molecular weight excluding hydrogens is 298 g/mol. The van der Waals surface area contributed by atoms with Crippen LogP contribution in [0.5, 0.6) is 0 Å². The molecule has 1 aliphatic rings. The average molecular weight is 332 g/mol. The Bertz CT molecular complexity index is 469. The Balaban J connectivity index is 2.15. The highest BCUT2D eigenvalue weighted by atomic mass is 16.2. The zero-order valence-corrected chi connectivity index (χ0v) is 15.3. The Morgan fingerprint density at radius 3 is 2.92 bits per heavy atom. The van der Waals surface area contributed by atoms with Crippen molar-refractivity contribution in [1.82, 2.24) is 15.2 Å². The van der Waals surface area contributed by atoms with E-state index in [0.717, 1.165) is 63.7 Å². The molecule has 1 amide bonds. The smallest absolute Gasteiger partial charge is 0.226 e. The summed E-state index contributed by atoms with van der Waals surface area (Å²) in [7, 11) is 0. The van der Waals surface area contributed by atoms with Crippen molar-refractivity contribution in [3.63, 3.8) is 0 Å². The van der Waals surface area contributed by atoms with Gasteiger partial charge >= 0.3 is 0 Å². The van der Waals surface area contributed by atoms with Gasteiger partial charge in [0, 0.05) is 18.2 Å². The molecule has 1 aliphatic heterocycles. The molecule has 0 spiro atoms. The number of aromatic nitrogens is 1. The van der Waals surface area contributed by atoms with Gasteiger partial charge in [0.2, 0.25) is 5.91 Å². The first-order chi connectivity index (χ1) is 11.8. The van der Waals surface area contributed by atoms with Gasteiger partial charge in [0.1, 0.15) is 0 Å². The third-order valence-electron chi connectivity index (χ3n) is 5.08. The van der Waals surface area contributed by atoms with Crippen LogP contribution in [-0.2, 0) is 11.3 Å². The number of amides is 1. The third-order valence-corrected chi connectivity index (χ3v) is 5.08. The first-order valence-corrected chi connectivity index (χ1v) is 9.67. The van der Waals surface area contributed by atoms with Crippen molar-refractivity contribution in [1.29, 1.82) is 0 Å². The van der Waals surface area contributed by atoms with Gasteiger partial charge in [0.15, 0.2) is 0 Å². The Morgan fingerprint density at radius 1 is 1.33 bits per heavy atom. The number of carbonyl (C=O) groups is 1. The Labute approximate surface area is 147 Å². The van der Waals surface area contributed by atoms with Crippen molar-refractivity contribution in [3.05, 3.63) is 30.1 Å². The highest BCUT2D eigenvalue weighted by Crippen LogP contribution is 2.23. The largest absolute Gasteiger partial charge is 0.334 e. The molecule has 2 atom stereocenters. The maximum Gasteiger partial charge on any atom is 0.226 e. The molecule has 2 rings (SSSR count). The zero-order chi connectivity index (χ0) is 17.2. The van der Waals surface area contributed by atoms with Crippen LogP contribution in [0.1, 0.15) is 64.5 Å². The van der Waals surface area contributed by atoms with Gasteiger partial charge in [-0.25, -0.2) is 0 Å². The van der Waals surface area contributed by atoms with E-state index in [1.165, 1.54) is 0 Å². The van der Waals surface area contributed by atoms with Crippen LogP contribution in [0.3, 0.4) is 0 Å². The summed E-state index contributed by atoms with van der Waals surface area (Å²) in [6, 6.07) is 6.31. The van der Waals surface area contributed by atoms with Crippen molar-refractivity contribution in [2.45, 2.75) is 71.4 Å². The lowest BCUT2D eigenvalue weighted by Gasteiger charge is -2.34. The van der Waals surface area contributed by atoms with Crippen LogP contribution in [0.2, 0.25) is 0 Å². The van der Waals surface area contributed by atoms with Crippen LogP contribution in [0.4, 0.5) is 0 Å². The van der Waals surface area contributed by atoms with E-state index in [9.17, 15) is 4.79 Å². The van der Waals surface area contributed by atoms with Gasteiger partial charge in [-0.1, -0.05) is 32.8 Å². The molecule has 1 N–H and O–H groups in total. The van der Waals surface area contributed by atoms with Gasteiger partial charge in [0.05, 0.1) is 12.2 Å². The topological polar surface area (TPSA) is 45.2 Å². The molecule has 24 heavy (non-hydrogen) atoms. The predicted octanol–water partition coefficient (Wildman–Crippen LogP) is 3.77. The van der Waals surface area contributed by atoms with Crippen molar-refractivity contribution >= 4 is 5.91 Å². The van der Waals surface area contributed by atoms with Crippen LogP contribution in [0, 0.1) is 5.92 Å². The van der Waals surface area contributed by atoms with E-state index in [1.807, 2.05) is 24.4 Å². The second-order valence-corrected chi connectivity index (χ2v) is 6.87. The molecule has 1 aromatic heterocycles. The van der Waals surface area contributed by atoms with Crippen molar-refractivity contribution in [2.75, 3.05) is 13.1 Å². The van der Waals surface area contributed by atoms with Crippen LogP contribution in [-0.4, -0.2) is 34.9 Å². The van der Waals surface area contributed by atoms with Gasteiger partial charge in [-0.15, -0.1) is 0 Å². The zero-order valence-electron chi connectivity index (χ0n) is 15.3. The molecule has 1 saturated heterocycles. The van der Waals surface area contributed by atoms with Crippen LogP contribution < -0.4 is 5.32 Å². The monoisotopic (exact) mass is 331 g/mol. The van der Waals surface area contributed by atoms with Gasteiger partial charge in [0.25, 0.3) is 0 Å². The molecule has 0 aliphatic carbocycles. The summed E-state index contributed by atoms with van der Waals surface area (Å²) in [6.07, 6.45) is 9.32. The van der Waals surface area contributed by atoms with E-state index in [2.05, 4.69) is 29.0 Å². The van der Waals surface area contributed by atoms with E-state index in [1.54, 1.807) is 0 Å². The van der Waals surface area contributed by atoms with Crippen LogP contribution >= 0.6 is 0 Å². The molecule has 0 saturated carbocycles. The SMILES string of the molecule is CCCCC(CC)C(=O)N(Cc1ccccn1)C1CCCNCC1. The normalized spacial score (nSPS) is 19.5. The van der Waals surface area contributed by atoms with Gasteiger partial charge in [-0.2, -0.15) is 0 Å². The molecule has 2 unspecified atom stereocenters. The summed E-state index contributed by atoms with van der Waals surface area (Å²) in [6.45, 7) is 7.05. The van der Waals surface area contributed by atoms with E-state index in [4.69, 9.17) is 0 Å². The molecular formula is C20H33N3O. The first kappa shape index (κ1) is 18.9. The molecule has 2 heterocycles. The van der Waals surface area contributed by atoms with E-state index >= 15 is 0 Å². The molecule has 0 bridgehead atoms. The summed E-state index contributed by atoms with van der Waals surface area (Å²) < 4.78 is 0. The lowest BCUT2D eigenvalue weighted by molar-refractivity contribution is -0.139. The number of carbonyl (C=O) groups excluding carboxylic acids is 1. The lowest BCUT2D eigenvalue weighted by Crippen LogP contribution is -2.43. The maximum atomic E-state index is 13.3. The Kier molecular flexibility index (Phi) is 8.23. The predicted molar refractivity (Wildman–Crippen MR) is 98.6 cm³/mol. The fourth-order valence-corrected chi connectivity index (χ4v) is 3.55. The molecule has 0 radical (unpaired) electrons. The van der Waals surface area contributed by atoms with Crippen molar-refractivity contribution in [2.24, 2.45) is 5.92 Å². The van der Waals surface area contributed by atoms with Crippen molar-refractivity contribution < 1.29 is 4.79 Å². The molecule has 134 valence electrons. The molecule has 1 fully saturated rings.